The fraction of sp³-hybridized carbons (Fsp3) is 0. The summed E-state index contributed by atoms with van der Waals surface area (Å²) in [4.78, 5) is 7.84. The number of fused-ring (bicyclic) bond motifs is 2. The summed E-state index contributed by atoms with van der Waals surface area (Å²) in [7, 11) is 0. The van der Waals surface area contributed by atoms with Gasteiger partial charge < -0.3 is 4.90 Å². The van der Waals surface area contributed by atoms with Gasteiger partial charge in [-0.2, -0.15) is 0 Å². The van der Waals surface area contributed by atoms with Crippen LogP contribution in [0.2, 0.25) is 0 Å². The van der Waals surface area contributed by atoms with E-state index in [-0.39, 0.29) is 0 Å². The van der Waals surface area contributed by atoms with Crippen LogP contribution in [0.15, 0.2) is 273 Å². The van der Waals surface area contributed by atoms with E-state index in [4.69, 9.17) is 4.98 Å². The molecule has 0 N–H and O–H groups in total. The van der Waals surface area contributed by atoms with Gasteiger partial charge in [-0.05, 0) is 103 Å². The molecule has 3 heteroatoms. The maximum Gasteiger partial charge on any atom is 0.145 e. The van der Waals surface area contributed by atoms with Crippen molar-refractivity contribution in [1.29, 1.82) is 0 Å². The molecule has 1 heterocycles. The number of para-hydroxylation sites is 2. The van der Waals surface area contributed by atoms with Crippen molar-refractivity contribution in [3.63, 3.8) is 0 Å². The van der Waals surface area contributed by atoms with Crippen molar-refractivity contribution in [2.24, 2.45) is 0 Å². The molecule has 1 aromatic heterocycles. The highest BCUT2D eigenvalue weighted by molar-refractivity contribution is 6.21. The Hall–Kier alpha value is -9.05. The molecule has 0 atom stereocenters. The minimum absolute atomic E-state index is 0.877. The summed E-state index contributed by atoms with van der Waals surface area (Å²) in [5, 5.41) is 4.95. The maximum absolute atomic E-state index is 5.55. The quantitative estimate of drug-likeness (QED) is 0.128. The van der Waals surface area contributed by atoms with Crippen LogP contribution in [0.3, 0.4) is 0 Å². The van der Waals surface area contributed by atoms with E-state index in [0.717, 1.165) is 73.3 Å². The number of imidazole rings is 1. The first-order valence-electron chi connectivity index (χ1n) is 23.2. The predicted molar refractivity (Wildman–Crippen MR) is 286 cm³/mol. The highest BCUT2D eigenvalue weighted by atomic mass is 15.1. The van der Waals surface area contributed by atoms with Crippen molar-refractivity contribution in [1.82, 2.24) is 9.55 Å². The molecule has 11 aromatic carbocycles. The van der Waals surface area contributed by atoms with E-state index >= 15 is 0 Å². The van der Waals surface area contributed by atoms with Crippen LogP contribution in [0.1, 0.15) is 0 Å². The molecule has 0 saturated carbocycles. The van der Waals surface area contributed by atoms with Crippen molar-refractivity contribution in [2.45, 2.75) is 0 Å². The standard InChI is InChI=1S/C65H45N3/c1-6-20-48(21-7-1)61-57-30-16-18-32-59(57)62(60-33-19-17-31-58(60)61)49-40-44-56(45-41-49)68-64(51-24-10-3-11-25-51)63(50-22-8-2-9-23-50)66-65(68)52-36-34-46(35-37-52)47-38-42-55(43-39-47)67(53-26-12-4-13-27-53)54-28-14-5-15-29-54/h1-45H. The Labute approximate surface area is 397 Å². The smallest absolute Gasteiger partial charge is 0.145 e. The highest BCUT2D eigenvalue weighted by Gasteiger charge is 2.24. The SMILES string of the molecule is c1ccc(-c2nc(-c3ccc(-c4ccc(N(c5ccccc5)c5ccccc5)cc4)cc3)n(-c3ccc(-c4c5ccccc5c(-c5ccccc5)c5ccccc45)cc3)c2-c2ccccc2)cc1. The Morgan fingerprint density at radius 3 is 1.07 bits per heavy atom. The monoisotopic (exact) mass is 867 g/mol. The lowest BCUT2D eigenvalue weighted by Crippen LogP contribution is -2.09. The number of hydrogen-bond acceptors (Lipinski definition) is 2. The third kappa shape index (κ3) is 7.43. The van der Waals surface area contributed by atoms with Crippen LogP contribution in [-0.4, -0.2) is 9.55 Å². The average molecular weight is 868 g/mol. The zero-order chi connectivity index (χ0) is 45.2. The second-order valence-electron chi connectivity index (χ2n) is 17.1. The van der Waals surface area contributed by atoms with Crippen molar-refractivity contribution in [3.8, 4) is 73.0 Å². The summed E-state index contributed by atoms with van der Waals surface area (Å²) in [6, 6.07) is 97.6. The van der Waals surface area contributed by atoms with E-state index in [1.54, 1.807) is 0 Å². The topological polar surface area (TPSA) is 21.1 Å². The van der Waals surface area contributed by atoms with E-state index < -0.39 is 0 Å². The Morgan fingerprint density at radius 2 is 0.603 bits per heavy atom. The molecular weight excluding hydrogens is 823 g/mol. The van der Waals surface area contributed by atoms with Gasteiger partial charge in [0.25, 0.3) is 0 Å². The molecule has 0 fully saturated rings. The van der Waals surface area contributed by atoms with Gasteiger partial charge in [0.2, 0.25) is 0 Å². The second kappa shape index (κ2) is 17.7. The zero-order valence-corrected chi connectivity index (χ0v) is 37.3. The summed E-state index contributed by atoms with van der Waals surface area (Å²) in [6.07, 6.45) is 0. The minimum atomic E-state index is 0.877. The fourth-order valence-electron chi connectivity index (χ4n) is 9.87. The van der Waals surface area contributed by atoms with Crippen LogP contribution in [0.25, 0.3) is 94.5 Å². The fourth-order valence-corrected chi connectivity index (χ4v) is 9.87. The van der Waals surface area contributed by atoms with Gasteiger partial charge in [-0.1, -0.05) is 224 Å². The number of anilines is 3. The first-order chi connectivity index (χ1) is 33.8. The lowest BCUT2D eigenvalue weighted by atomic mass is 9.86. The summed E-state index contributed by atoms with van der Waals surface area (Å²) in [6.45, 7) is 0. The predicted octanol–water partition coefficient (Wildman–Crippen LogP) is 17.7. The van der Waals surface area contributed by atoms with Gasteiger partial charge in [-0.3, -0.25) is 4.57 Å². The summed E-state index contributed by atoms with van der Waals surface area (Å²) < 4.78 is 2.35. The molecule has 0 aliphatic carbocycles. The Morgan fingerprint density at radius 1 is 0.265 bits per heavy atom. The number of aromatic nitrogens is 2. The molecule has 0 bridgehead atoms. The maximum atomic E-state index is 5.55. The second-order valence-corrected chi connectivity index (χ2v) is 17.1. The van der Waals surface area contributed by atoms with Gasteiger partial charge in [0.1, 0.15) is 5.82 Å². The molecule has 3 nitrogen and oxygen atoms in total. The van der Waals surface area contributed by atoms with Crippen LogP contribution in [-0.2, 0) is 0 Å². The number of benzene rings is 11. The molecule has 0 radical (unpaired) electrons. The van der Waals surface area contributed by atoms with Crippen LogP contribution < -0.4 is 4.90 Å². The Kier molecular flexibility index (Phi) is 10.6. The van der Waals surface area contributed by atoms with Gasteiger partial charge in [-0.15, -0.1) is 0 Å². The zero-order valence-electron chi connectivity index (χ0n) is 37.3. The van der Waals surface area contributed by atoms with Gasteiger partial charge >= 0.3 is 0 Å². The Bertz CT molecular complexity index is 3560. The van der Waals surface area contributed by atoms with Crippen molar-refractivity contribution in [2.75, 3.05) is 4.90 Å². The molecule has 0 aliphatic rings. The molecular formula is C65H45N3. The van der Waals surface area contributed by atoms with Crippen molar-refractivity contribution < 1.29 is 0 Å². The number of hydrogen-bond donors (Lipinski definition) is 0. The summed E-state index contributed by atoms with van der Waals surface area (Å²) in [5.74, 6) is 0.877. The largest absolute Gasteiger partial charge is 0.311 e. The van der Waals surface area contributed by atoms with Gasteiger partial charge in [0, 0.05) is 39.4 Å². The molecule has 0 aliphatic heterocycles. The molecule has 0 amide bonds. The highest BCUT2D eigenvalue weighted by Crippen LogP contribution is 2.45. The van der Waals surface area contributed by atoms with Crippen LogP contribution in [0.4, 0.5) is 17.1 Å². The molecule has 320 valence electrons. The van der Waals surface area contributed by atoms with E-state index in [2.05, 4.69) is 282 Å². The molecule has 0 unspecified atom stereocenters. The van der Waals surface area contributed by atoms with Crippen LogP contribution in [0, 0.1) is 0 Å². The lowest BCUT2D eigenvalue weighted by molar-refractivity contribution is 1.07. The van der Waals surface area contributed by atoms with E-state index in [0.29, 0.717) is 0 Å². The van der Waals surface area contributed by atoms with E-state index in [1.165, 1.54) is 38.2 Å². The minimum Gasteiger partial charge on any atom is -0.311 e. The van der Waals surface area contributed by atoms with Gasteiger partial charge in [-0.25, -0.2) is 4.98 Å². The number of nitrogens with zero attached hydrogens (tertiary/aromatic N) is 3. The third-order valence-electron chi connectivity index (χ3n) is 13.0. The lowest BCUT2D eigenvalue weighted by Gasteiger charge is -2.25. The van der Waals surface area contributed by atoms with Gasteiger partial charge in [0.05, 0.1) is 11.4 Å². The third-order valence-corrected chi connectivity index (χ3v) is 13.0. The average Bonchev–Trinajstić information content (AvgIpc) is 3.83. The molecule has 0 spiro atoms. The van der Waals surface area contributed by atoms with Crippen molar-refractivity contribution in [3.05, 3.63) is 273 Å². The molecule has 12 aromatic rings. The van der Waals surface area contributed by atoms with E-state index in [1.807, 2.05) is 0 Å². The summed E-state index contributed by atoms with van der Waals surface area (Å²) >= 11 is 0. The molecule has 68 heavy (non-hydrogen) atoms. The Balaban J connectivity index is 0.975. The first-order valence-corrected chi connectivity index (χ1v) is 23.2. The van der Waals surface area contributed by atoms with Crippen LogP contribution >= 0.6 is 0 Å². The van der Waals surface area contributed by atoms with E-state index in [9.17, 15) is 0 Å². The molecule has 12 rings (SSSR count). The first kappa shape index (κ1) is 40.5. The normalized spacial score (nSPS) is 11.2. The molecule has 0 saturated heterocycles. The number of rotatable bonds is 10. The summed E-state index contributed by atoms with van der Waals surface area (Å²) in [5.41, 5.74) is 16.7. The van der Waals surface area contributed by atoms with Crippen LogP contribution in [0.5, 0.6) is 0 Å². The van der Waals surface area contributed by atoms with Crippen molar-refractivity contribution >= 4 is 38.6 Å². The van der Waals surface area contributed by atoms with Gasteiger partial charge in [0.15, 0.2) is 0 Å².